The topological polar surface area (TPSA) is 38.3 Å². The van der Waals surface area contributed by atoms with Gasteiger partial charge in [0.05, 0.1) is 13.0 Å². The monoisotopic (exact) mass is 325 g/mol. The first-order valence-electron chi connectivity index (χ1n) is 4.93. The van der Waals surface area contributed by atoms with Crippen LogP contribution >= 0.6 is 38.9 Å². The largest absolute Gasteiger partial charge is 0.466 e. The van der Waals surface area contributed by atoms with Crippen molar-refractivity contribution < 1.29 is 9.53 Å². The number of carbonyl (C=O) groups is 1. The fourth-order valence-electron chi connectivity index (χ4n) is 1.11. The summed E-state index contributed by atoms with van der Waals surface area (Å²) >= 11 is 10.8. The molecule has 16 heavy (non-hydrogen) atoms. The second-order valence-electron chi connectivity index (χ2n) is 3.07. The zero-order valence-corrected chi connectivity index (χ0v) is 12.0. The lowest BCUT2D eigenvalue weighted by molar-refractivity contribution is -0.142. The highest BCUT2D eigenvalue weighted by Gasteiger charge is 2.05. The maximum Gasteiger partial charge on any atom is 0.307 e. The molecule has 1 aromatic rings. The lowest BCUT2D eigenvalue weighted by atomic mass is 10.4. The van der Waals surface area contributed by atoms with Crippen LogP contribution in [0.2, 0.25) is 4.34 Å². The Bertz CT molecular complexity index is 337. The Kier molecular flexibility index (Phi) is 6.34. The van der Waals surface area contributed by atoms with E-state index in [4.69, 9.17) is 16.3 Å². The Morgan fingerprint density at radius 2 is 2.44 bits per heavy atom. The predicted octanol–water partition coefficient (Wildman–Crippen LogP) is 3.21. The van der Waals surface area contributed by atoms with Crippen LogP contribution in [0.1, 0.15) is 18.2 Å². The van der Waals surface area contributed by atoms with Gasteiger partial charge in [0.2, 0.25) is 0 Å². The van der Waals surface area contributed by atoms with Crippen LogP contribution in [0.4, 0.5) is 0 Å². The number of nitrogens with one attached hydrogen (secondary N) is 1. The Morgan fingerprint density at radius 3 is 3.00 bits per heavy atom. The lowest BCUT2D eigenvalue weighted by Gasteiger charge is -2.02. The van der Waals surface area contributed by atoms with Gasteiger partial charge in [0.1, 0.15) is 4.34 Å². The molecule has 6 heteroatoms. The van der Waals surface area contributed by atoms with Gasteiger partial charge >= 0.3 is 5.97 Å². The SMILES string of the molecule is CCOC(=O)CCNCc1cc(Br)c(Cl)s1. The minimum atomic E-state index is -0.166. The molecule has 1 aromatic heterocycles. The summed E-state index contributed by atoms with van der Waals surface area (Å²) in [5.41, 5.74) is 0. The summed E-state index contributed by atoms with van der Waals surface area (Å²) in [4.78, 5) is 12.2. The van der Waals surface area contributed by atoms with Crippen LogP contribution in [0.5, 0.6) is 0 Å². The Balaban J connectivity index is 2.18. The van der Waals surface area contributed by atoms with Gasteiger partial charge in [-0.2, -0.15) is 0 Å². The van der Waals surface area contributed by atoms with Crippen LogP contribution in [-0.2, 0) is 16.1 Å². The van der Waals surface area contributed by atoms with Crippen molar-refractivity contribution in [1.82, 2.24) is 5.32 Å². The molecule has 0 spiro atoms. The fraction of sp³-hybridized carbons (Fsp3) is 0.500. The third kappa shape index (κ3) is 4.82. The van der Waals surface area contributed by atoms with E-state index in [9.17, 15) is 4.79 Å². The van der Waals surface area contributed by atoms with Crippen LogP contribution in [0.15, 0.2) is 10.5 Å². The second kappa shape index (κ2) is 7.27. The molecule has 90 valence electrons. The lowest BCUT2D eigenvalue weighted by Crippen LogP contribution is -2.18. The summed E-state index contributed by atoms with van der Waals surface area (Å²) in [5.74, 6) is -0.166. The van der Waals surface area contributed by atoms with Crippen LogP contribution in [0.3, 0.4) is 0 Å². The molecule has 0 aliphatic heterocycles. The van der Waals surface area contributed by atoms with Crippen molar-refractivity contribution in [2.24, 2.45) is 0 Å². The molecular weight excluding hydrogens is 314 g/mol. The van der Waals surface area contributed by atoms with Crippen molar-refractivity contribution in [3.8, 4) is 0 Å². The van der Waals surface area contributed by atoms with E-state index < -0.39 is 0 Å². The van der Waals surface area contributed by atoms with Gasteiger partial charge in [-0.25, -0.2) is 0 Å². The fourth-order valence-corrected chi connectivity index (χ4v) is 2.87. The molecule has 0 amide bonds. The van der Waals surface area contributed by atoms with E-state index in [0.717, 1.165) is 20.2 Å². The Morgan fingerprint density at radius 1 is 1.69 bits per heavy atom. The molecule has 0 aliphatic carbocycles. The van der Waals surface area contributed by atoms with Crippen molar-refractivity contribution in [2.45, 2.75) is 19.9 Å². The Hall–Kier alpha value is -0.100. The summed E-state index contributed by atoms with van der Waals surface area (Å²) < 4.78 is 6.48. The quantitative estimate of drug-likeness (QED) is 0.644. The van der Waals surface area contributed by atoms with E-state index >= 15 is 0 Å². The molecule has 0 aromatic carbocycles. The van der Waals surface area contributed by atoms with Crippen molar-refractivity contribution in [3.63, 3.8) is 0 Å². The number of esters is 1. The number of hydrogen-bond donors (Lipinski definition) is 1. The maximum absolute atomic E-state index is 11.0. The third-order valence-corrected chi connectivity index (χ3v) is 4.28. The summed E-state index contributed by atoms with van der Waals surface area (Å²) in [6, 6.07) is 1.98. The van der Waals surface area contributed by atoms with Crippen LogP contribution in [0, 0.1) is 0 Å². The number of rotatable bonds is 6. The van der Waals surface area contributed by atoms with Crippen LogP contribution in [0.25, 0.3) is 0 Å². The van der Waals surface area contributed by atoms with Gasteiger partial charge in [0.15, 0.2) is 0 Å². The molecule has 1 rings (SSSR count). The minimum Gasteiger partial charge on any atom is -0.466 e. The van der Waals surface area contributed by atoms with Crippen molar-refractivity contribution in [2.75, 3.05) is 13.2 Å². The molecule has 1 N–H and O–H groups in total. The number of ether oxygens (including phenoxy) is 1. The average molecular weight is 327 g/mol. The van der Waals surface area contributed by atoms with Crippen LogP contribution in [-0.4, -0.2) is 19.1 Å². The first-order chi connectivity index (χ1) is 7.63. The van der Waals surface area contributed by atoms with Crippen molar-refractivity contribution >= 4 is 44.8 Å². The average Bonchev–Trinajstić information content (AvgIpc) is 2.54. The van der Waals surface area contributed by atoms with Crippen LogP contribution < -0.4 is 5.32 Å². The highest BCUT2D eigenvalue weighted by molar-refractivity contribution is 9.10. The highest BCUT2D eigenvalue weighted by Crippen LogP contribution is 2.31. The second-order valence-corrected chi connectivity index (χ2v) is 5.66. The smallest absolute Gasteiger partial charge is 0.307 e. The van der Waals surface area contributed by atoms with Crippen molar-refractivity contribution in [1.29, 1.82) is 0 Å². The highest BCUT2D eigenvalue weighted by atomic mass is 79.9. The summed E-state index contributed by atoms with van der Waals surface area (Å²) in [7, 11) is 0. The molecule has 0 aliphatic rings. The standard InChI is InChI=1S/C10H13BrClNO2S/c1-2-15-9(14)3-4-13-6-7-5-8(11)10(12)16-7/h5,13H,2-4,6H2,1H3. The van der Waals surface area contributed by atoms with Gasteiger partial charge in [-0.05, 0) is 28.9 Å². The summed E-state index contributed by atoms with van der Waals surface area (Å²) in [6.07, 6.45) is 0.397. The van der Waals surface area contributed by atoms with Gasteiger partial charge in [-0.15, -0.1) is 11.3 Å². The molecule has 0 radical (unpaired) electrons. The molecular formula is C10H13BrClNO2S. The van der Waals surface area contributed by atoms with Crippen molar-refractivity contribution in [3.05, 3.63) is 19.8 Å². The van der Waals surface area contributed by atoms with E-state index in [2.05, 4.69) is 21.2 Å². The Labute approximate surface area is 112 Å². The van der Waals surface area contributed by atoms with Gasteiger partial charge in [0, 0.05) is 22.4 Å². The maximum atomic E-state index is 11.0. The molecule has 1 heterocycles. The number of thiophene rings is 1. The van der Waals surface area contributed by atoms with E-state index in [1.165, 1.54) is 11.3 Å². The molecule has 0 saturated heterocycles. The predicted molar refractivity (Wildman–Crippen MR) is 70.0 cm³/mol. The first kappa shape index (κ1) is 14.0. The zero-order valence-electron chi connectivity index (χ0n) is 8.89. The molecule has 0 atom stereocenters. The van der Waals surface area contributed by atoms with Gasteiger partial charge < -0.3 is 10.1 Å². The van der Waals surface area contributed by atoms with E-state index in [0.29, 0.717) is 19.6 Å². The van der Waals surface area contributed by atoms with Gasteiger partial charge in [-0.3, -0.25) is 4.79 Å². The number of carbonyl (C=O) groups excluding carboxylic acids is 1. The molecule has 0 bridgehead atoms. The van der Waals surface area contributed by atoms with E-state index in [1.807, 2.05) is 6.07 Å². The van der Waals surface area contributed by atoms with E-state index in [1.54, 1.807) is 6.92 Å². The minimum absolute atomic E-state index is 0.166. The normalized spacial score (nSPS) is 10.4. The zero-order chi connectivity index (χ0) is 12.0. The van der Waals surface area contributed by atoms with Gasteiger partial charge in [-0.1, -0.05) is 11.6 Å². The third-order valence-electron chi connectivity index (χ3n) is 1.81. The first-order valence-corrected chi connectivity index (χ1v) is 6.92. The number of hydrogen-bond acceptors (Lipinski definition) is 4. The number of halogens is 2. The van der Waals surface area contributed by atoms with Gasteiger partial charge in [0.25, 0.3) is 0 Å². The van der Waals surface area contributed by atoms with E-state index in [-0.39, 0.29) is 5.97 Å². The molecule has 0 unspecified atom stereocenters. The molecule has 3 nitrogen and oxygen atoms in total. The molecule has 0 saturated carbocycles. The molecule has 0 fully saturated rings. The summed E-state index contributed by atoms with van der Waals surface area (Å²) in [6.45, 7) is 3.57. The summed E-state index contributed by atoms with van der Waals surface area (Å²) in [5, 5.41) is 3.16.